The van der Waals surface area contributed by atoms with Crippen molar-refractivity contribution in [2.75, 3.05) is 6.54 Å². The summed E-state index contributed by atoms with van der Waals surface area (Å²) in [5, 5.41) is 0. The van der Waals surface area contributed by atoms with Crippen molar-refractivity contribution in [3.63, 3.8) is 0 Å². The van der Waals surface area contributed by atoms with Crippen LogP contribution in [0.15, 0.2) is 12.4 Å². The lowest BCUT2D eigenvalue weighted by molar-refractivity contribution is 0.0104. The van der Waals surface area contributed by atoms with E-state index in [0.717, 1.165) is 0 Å². The highest BCUT2D eigenvalue weighted by atomic mass is 19.3. The van der Waals surface area contributed by atoms with Gasteiger partial charge in [-0.05, 0) is 6.92 Å². The Morgan fingerprint density at radius 3 is 2.54 bits per heavy atom. The third-order valence-corrected chi connectivity index (χ3v) is 1.57. The van der Waals surface area contributed by atoms with Gasteiger partial charge in [0, 0.05) is 12.4 Å². The average molecular weight is 187 g/mol. The summed E-state index contributed by atoms with van der Waals surface area (Å²) in [7, 11) is 0. The Labute approximate surface area is 75.0 Å². The van der Waals surface area contributed by atoms with Gasteiger partial charge in [-0.15, -0.1) is 0 Å². The molecule has 0 aliphatic heterocycles. The molecule has 1 heterocycles. The third-order valence-electron chi connectivity index (χ3n) is 1.57. The molecule has 0 spiro atoms. The molecule has 1 rings (SSSR count). The molecule has 3 nitrogen and oxygen atoms in total. The van der Waals surface area contributed by atoms with Gasteiger partial charge in [0.15, 0.2) is 0 Å². The topological polar surface area (TPSA) is 51.8 Å². The minimum Gasteiger partial charge on any atom is -0.325 e. The lowest BCUT2D eigenvalue weighted by atomic mass is 10.2. The van der Waals surface area contributed by atoms with E-state index in [0.29, 0.717) is 5.69 Å². The lowest BCUT2D eigenvalue weighted by Crippen LogP contribution is -2.30. The van der Waals surface area contributed by atoms with Gasteiger partial charge in [-0.2, -0.15) is 0 Å². The molecule has 0 saturated heterocycles. The van der Waals surface area contributed by atoms with Gasteiger partial charge in [0.05, 0.1) is 24.4 Å². The van der Waals surface area contributed by atoms with E-state index >= 15 is 0 Å². The number of rotatable bonds is 3. The number of hydrogen-bond acceptors (Lipinski definition) is 3. The minimum atomic E-state index is -2.88. The maximum absolute atomic E-state index is 12.7. The zero-order valence-electron chi connectivity index (χ0n) is 7.30. The third kappa shape index (κ3) is 3.02. The molecule has 13 heavy (non-hydrogen) atoms. The molecule has 0 unspecified atom stereocenters. The summed E-state index contributed by atoms with van der Waals surface area (Å²) in [6.07, 6.45) is 2.36. The van der Waals surface area contributed by atoms with Crippen LogP contribution < -0.4 is 5.73 Å². The van der Waals surface area contributed by atoms with Crippen LogP contribution in [0.2, 0.25) is 0 Å². The van der Waals surface area contributed by atoms with Gasteiger partial charge in [0.2, 0.25) is 0 Å². The molecule has 5 heteroatoms. The predicted octanol–water partition coefficient (Wildman–Crippen LogP) is 0.922. The second kappa shape index (κ2) is 3.74. The van der Waals surface area contributed by atoms with E-state index in [1.54, 1.807) is 6.92 Å². The SMILES string of the molecule is Cc1cnc(CC(F)(F)CN)cn1. The number of nitrogens with zero attached hydrogens (tertiary/aromatic N) is 2. The van der Waals surface area contributed by atoms with Gasteiger partial charge in [-0.1, -0.05) is 0 Å². The van der Waals surface area contributed by atoms with Crippen LogP contribution in [0, 0.1) is 6.92 Å². The quantitative estimate of drug-likeness (QED) is 0.765. The molecule has 0 aliphatic carbocycles. The smallest absolute Gasteiger partial charge is 0.265 e. The Kier molecular flexibility index (Phi) is 2.87. The number of nitrogens with two attached hydrogens (primary N) is 1. The first kappa shape index (κ1) is 9.98. The normalized spacial score (nSPS) is 11.7. The van der Waals surface area contributed by atoms with E-state index in [9.17, 15) is 8.78 Å². The van der Waals surface area contributed by atoms with E-state index in [4.69, 9.17) is 5.73 Å². The predicted molar refractivity (Wildman–Crippen MR) is 44.5 cm³/mol. The van der Waals surface area contributed by atoms with Crippen molar-refractivity contribution in [2.24, 2.45) is 5.73 Å². The van der Waals surface area contributed by atoms with Gasteiger partial charge in [-0.25, -0.2) is 8.78 Å². The highest BCUT2D eigenvalue weighted by Gasteiger charge is 2.27. The second-order valence-corrected chi connectivity index (χ2v) is 2.89. The molecule has 1 aromatic heterocycles. The van der Waals surface area contributed by atoms with E-state index in [-0.39, 0.29) is 5.69 Å². The summed E-state index contributed by atoms with van der Waals surface area (Å²) in [5.41, 5.74) is 5.86. The minimum absolute atomic E-state index is 0.265. The fraction of sp³-hybridized carbons (Fsp3) is 0.500. The summed E-state index contributed by atoms with van der Waals surface area (Å²) >= 11 is 0. The Balaban J connectivity index is 2.69. The zero-order chi connectivity index (χ0) is 9.90. The molecule has 1 aromatic rings. The Hall–Kier alpha value is -1.10. The Bertz CT molecular complexity index is 271. The van der Waals surface area contributed by atoms with Crippen LogP contribution in [0.3, 0.4) is 0 Å². The highest BCUT2D eigenvalue weighted by molar-refractivity contribution is 5.03. The molecule has 72 valence electrons. The van der Waals surface area contributed by atoms with Crippen LogP contribution in [0.4, 0.5) is 8.78 Å². The molecular formula is C8H11F2N3. The standard InChI is InChI=1S/C8H11F2N3/c1-6-3-13-7(4-12-6)2-8(9,10)5-11/h3-4H,2,5,11H2,1H3. The van der Waals surface area contributed by atoms with E-state index < -0.39 is 18.9 Å². The van der Waals surface area contributed by atoms with Gasteiger partial charge in [0.25, 0.3) is 5.92 Å². The van der Waals surface area contributed by atoms with Crippen LogP contribution >= 0.6 is 0 Å². The van der Waals surface area contributed by atoms with Crippen molar-refractivity contribution in [1.29, 1.82) is 0 Å². The van der Waals surface area contributed by atoms with Crippen LogP contribution in [-0.4, -0.2) is 22.4 Å². The molecular weight excluding hydrogens is 176 g/mol. The molecule has 0 amide bonds. The van der Waals surface area contributed by atoms with E-state index in [2.05, 4.69) is 9.97 Å². The number of aryl methyl sites for hydroxylation is 1. The number of halogens is 2. The molecule has 0 bridgehead atoms. The average Bonchev–Trinajstić information content (AvgIpc) is 2.09. The Morgan fingerprint density at radius 1 is 1.38 bits per heavy atom. The van der Waals surface area contributed by atoms with Crippen molar-refractivity contribution >= 4 is 0 Å². The van der Waals surface area contributed by atoms with Gasteiger partial charge in [0.1, 0.15) is 0 Å². The maximum Gasteiger partial charge on any atom is 0.265 e. The molecule has 0 radical (unpaired) electrons. The maximum atomic E-state index is 12.7. The molecule has 0 saturated carbocycles. The van der Waals surface area contributed by atoms with Crippen molar-refractivity contribution in [3.05, 3.63) is 23.8 Å². The van der Waals surface area contributed by atoms with Crippen molar-refractivity contribution in [1.82, 2.24) is 9.97 Å². The molecule has 0 aliphatic rings. The monoisotopic (exact) mass is 187 g/mol. The second-order valence-electron chi connectivity index (χ2n) is 2.89. The largest absolute Gasteiger partial charge is 0.325 e. The van der Waals surface area contributed by atoms with Crippen LogP contribution in [0.5, 0.6) is 0 Å². The number of alkyl halides is 2. The number of aromatic nitrogens is 2. The van der Waals surface area contributed by atoms with E-state index in [1.165, 1.54) is 12.4 Å². The number of hydrogen-bond donors (Lipinski definition) is 1. The van der Waals surface area contributed by atoms with Crippen molar-refractivity contribution < 1.29 is 8.78 Å². The fourth-order valence-corrected chi connectivity index (χ4v) is 0.848. The van der Waals surface area contributed by atoms with Gasteiger partial charge < -0.3 is 5.73 Å². The summed E-state index contributed by atoms with van der Waals surface area (Å²) in [4.78, 5) is 7.67. The lowest BCUT2D eigenvalue weighted by Gasteiger charge is -2.12. The Morgan fingerprint density at radius 2 is 2.08 bits per heavy atom. The first-order valence-corrected chi connectivity index (χ1v) is 3.89. The summed E-state index contributed by atoms with van der Waals surface area (Å²) in [6.45, 7) is 1.08. The summed E-state index contributed by atoms with van der Waals surface area (Å²) in [5.74, 6) is -2.88. The summed E-state index contributed by atoms with van der Waals surface area (Å²) in [6, 6.07) is 0. The summed E-state index contributed by atoms with van der Waals surface area (Å²) < 4.78 is 25.5. The molecule has 0 aromatic carbocycles. The van der Waals surface area contributed by atoms with Crippen molar-refractivity contribution in [2.45, 2.75) is 19.3 Å². The van der Waals surface area contributed by atoms with Gasteiger partial charge >= 0.3 is 0 Å². The molecule has 2 N–H and O–H groups in total. The highest BCUT2D eigenvalue weighted by Crippen LogP contribution is 2.16. The molecule has 0 fully saturated rings. The van der Waals surface area contributed by atoms with Crippen LogP contribution in [-0.2, 0) is 6.42 Å². The van der Waals surface area contributed by atoms with Crippen molar-refractivity contribution in [3.8, 4) is 0 Å². The fourth-order valence-electron chi connectivity index (χ4n) is 0.848. The van der Waals surface area contributed by atoms with Crippen LogP contribution in [0.1, 0.15) is 11.4 Å². The van der Waals surface area contributed by atoms with Crippen LogP contribution in [0.25, 0.3) is 0 Å². The molecule has 0 atom stereocenters. The van der Waals surface area contributed by atoms with E-state index in [1.807, 2.05) is 0 Å². The zero-order valence-corrected chi connectivity index (χ0v) is 7.30. The first-order chi connectivity index (χ1) is 6.03. The van der Waals surface area contributed by atoms with Gasteiger partial charge in [-0.3, -0.25) is 9.97 Å². The first-order valence-electron chi connectivity index (χ1n) is 3.89.